The van der Waals surface area contributed by atoms with Gasteiger partial charge < -0.3 is 5.32 Å². The smallest absolute Gasteiger partial charge is 0.0202 e. The Bertz CT molecular complexity index is 432. The molecule has 2 heteroatoms. The highest BCUT2D eigenvalue weighted by atomic mass is 32.1. The highest BCUT2D eigenvalue weighted by molar-refractivity contribution is 7.08. The van der Waals surface area contributed by atoms with Gasteiger partial charge in [-0.25, -0.2) is 0 Å². The predicted molar refractivity (Wildman–Crippen MR) is 67.3 cm³/mol. The number of hydrogen-bond donors (Lipinski definition) is 1. The molecule has 0 aliphatic carbocycles. The van der Waals surface area contributed by atoms with Gasteiger partial charge in [0, 0.05) is 6.54 Å². The van der Waals surface area contributed by atoms with Crippen molar-refractivity contribution in [2.75, 3.05) is 7.05 Å². The van der Waals surface area contributed by atoms with E-state index in [1.54, 1.807) is 11.3 Å². The maximum absolute atomic E-state index is 3.18. The molecule has 0 unspecified atom stereocenters. The Labute approximate surface area is 94.8 Å². The third-order valence-electron chi connectivity index (χ3n) is 2.52. The molecule has 0 spiro atoms. The molecule has 1 nitrogen and oxygen atoms in total. The van der Waals surface area contributed by atoms with Gasteiger partial charge in [0.05, 0.1) is 0 Å². The van der Waals surface area contributed by atoms with Gasteiger partial charge in [-0.15, -0.1) is 0 Å². The van der Waals surface area contributed by atoms with Crippen LogP contribution in [-0.2, 0) is 6.54 Å². The van der Waals surface area contributed by atoms with Crippen LogP contribution in [0.25, 0.3) is 11.1 Å². The molecule has 78 valence electrons. The van der Waals surface area contributed by atoms with Crippen molar-refractivity contribution in [3.05, 3.63) is 46.2 Å². The molecule has 2 rings (SSSR count). The lowest BCUT2D eigenvalue weighted by atomic mass is 10.0. The van der Waals surface area contributed by atoms with E-state index in [2.05, 4.69) is 47.3 Å². The lowest BCUT2D eigenvalue weighted by molar-refractivity contribution is 0.818. The van der Waals surface area contributed by atoms with Crippen LogP contribution in [0, 0.1) is 6.92 Å². The number of benzene rings is 1. The fourth-order valence-corrected chi connectivity index (χ4v) is 2.37. The average Bonchev–Trinajstić information content (AvgIpc) is 2.74. The number of hydrogen-bond acceptors (Lipinski definition) is 2. The molecule has 1 N–H and O–H groups in total. The van der Waals surface area contributed by atoms with Gasteiger partial charge in [0.2, 0.25) is 0 Å². The van der Waals surface area contributed by atoms with Gasteiger partial charge in [-0.2, -0.15) is 11.3 Å². The molecular weight excluding hydrogens is 202 g/mol. The molecule has 0 bridgehead atoms. The minimum absolute atomic E-state index is 0.928. The van der Waals surface area contributed by atoms with Crippen molar-refractivity contribution in [1.82, 2.24) is 5.32 Å². The lowest BCUT2D eigenvalue weighted by Crippen LogP contribution is -2.05. The van der Waals surface area contributed by atoms with Crippen LogP contribution in [0.15, 0.2) is 35.0 Å². The molecule has 2 aromatic rings. The van der Waals surface area contributed by atoms with Gasteiger partial charge in [0.25, 0.3) is 0 Å². The number of thiophene rings is 1. The summed E-state index contributed by atoms with van der Waals surface area (Å²) < 4.78 is 0. The first kappa shape index (κ1) is 10.4. The molecule has 1 aromatic heterocycles. The van der Waals surface area contributed by atoms with Crippen molar-refractivity contribution >= 4 is 11.3 Å². The van der Waals surface area contributed by atoms with E-state index >= 15 is 0 Å². The fraction of sp³-hybridized carbons (Fsp3) is 0.231. The van der Waals surface area contributed by atoms with Crippen molar-refractivity contribution in [3.8, 4) is 11.1 Å². The minimum atomic E-state index is 0.928. The van der Waals surface area contributed by atoms with Crippen molar-refractivity contribution < 1.29 is 0 Å². The molecule has 1 heterocycles. The second-order valence-electron chi connectivity index (χ2n) is 3.69. The Kier molecular flexibility index (Phi) is 3.19. The summed E-state index contributed by atoms with van der Waals surface area (Å²) in [5.41, 5.74) is 5.36. The van der Waals surface area contributed by atoms with Crippen LogP contribution < -0.4 is 5.32 Å². The van der Waals surface area contributed by atoms with Crippen molar-refractivity contribution in [1.29, 1.82) is 0 Å². The van der Waals surface area contributed by atoms with Crippen molar-refractivity contribution in [2.45, 2.75) is 13.5 Å². The van der Waals surface area contributed by atoms with E-state index in [4.69, 9.17) is 0 Å². The third kappa shape index (κ3) is 2.28. The summed E-state index contributed by atoms with van der Waals surface area (Å²) in [7, 11) is 1.98. The zero-order chi connectivity index (χ0) is 10.7. The summed E-state index contributed by atoms with van der Waals surface area (Å²) >= 11 is 1.75. The van der Waals surface area contributed by atoms with E-state index in [9.17, 15) is 0 Å². The van der Waals surface area contributed by atoms with Crippen LogP contribution in [0.4, 0.5) is 0 Å². The van der Waals surface area contributed by atoms with E-state index in [1.165, 1.54) is 22.3 Å². The maximum Gasteiger partial charge on any atom is 0.0202 e. The second kappa shape index (κ2) is 4.60. The predicted octanol–water partition coefficient (Wildman–Crippen LogP) is 3.44. The van der Waals surface area contributed by atoms with E-state index in [0.29, 0.717) is 0 Å². The Morgan fingerprint density at radius 2 is 2.13 bits per heavy atom. The lowest BCUT2D eigenvalue weighted by Gasteiger charge is -2.07. The maximum atomic E-state index is 3.18. The molecule has 1 aromatic carbocycles. The summed E-state index contributed by atoms with van der Waals surface area (Å²) in [5.74, 6) is 0. The average molecular weight is 217 g/mol. The van der Waals surface area contributed by atoms with Gasteiger partial charge in [0.1, 0.15) is 0 Å². The van der Waals surface area contributed by atoms with Gasteiger partial charge in [-0.1, -0.05) is 12.1 Å². The Morgan fingerprint density at radius 1 is 1.27 bits per heavy atom. The summed E-state index contributed by atoms with van der Waals surface area (Å²) in [6, 6.07) is 8.82. The summed E-state index contributed by atoms with van der Waals surface area (Å²) in [5, 5.41) is 7.50. The first-order chi connectivity index (χ1) is 7.31. The Hall–Kier alpha value is -1.12. The zero-order valence-corrected chi connectivity index (χ0v) is 9.90. The highest BCUT2D eigenvalue weighted by Gasteiger charge is 2.03. The molecule has 15 heavy (non-hydrogen) atoms. The molecule has 0 aliphatic heterocycles. The van der Waals surface area contributed by atoms with Crippen LogP contribution >= 0.6 is 11.3 Å². The van der Waals surface area contributed by atoms with Crippen LogP contribution in [0.1, 0.15) is 11.1 Å². The highest BCUT2D eigenvalue weighted by Crippen LogP contribution is 2.26. The second-order valence-corrected chi connectivity index (χ2v) is 4.47. The monoisotopic (exact) mass is 217 g/mol. The van der Waals surface area contributed by atoms with Gasteiger partial charge in [0.15, 0.2) is 0 Å². The first-order valence-electron chi connectivity index (χ1n) is 5.08. The molecule has 0 atom stereocenters. The minimum Gasteiger partial charge on any atom is -0.316 e. The Balaban J connectivity index is 2.41. The van der Waals surface area contributed by atoms with Gasteiger partial charge in [-0.3, -0.25) is 0 Å². The van der Waals surface area contributed by atoms with Crippen molar-refractivity contribution in [2.24, 2.45) is 0 Å². The quantitative estimate of drug-likeness (QED) is 0.830. The largest absolute Gasteiger partial charge is 0.316 e. The van der Waals surface area contributed by atoms with Crippen LogP contribution in [0.5, 0.6) is 0 Å². The third-order valence-corrected chi connectivity index (χ3v) is 3.20. The van der Waals surface area contributed by atoms with E-state index < -0.39 is 0 Å². The van der Waals surface area contributed by atoms with Crippen molar-refractivity contribution in [3.63, 3.8) is 0 Å². The zero-order valence-electron chi connectivity index (χ0n) is 9.08. The first-order valence-corrected chi connectivity index (χ1v) is 6.02. The normalized spacial score (nSPS) is 10.5. The van der Waals surface area contributed by atoms with Gasteiger partial charge in [-0.05, 0) is 59.1 Å². The fourth-order valence-electron chi connectivity index (χ4n) is 1.71. The summed E-state index contributed by atoms with van der Waals surface area (Å²) in [6.07, 6.45) is 0. The van der Waals surface area contributed by atoms with E-state index in [-0.39, 0.29) is 0 Å². The topological polar surface area (TPSA) is 12.0 Å². The number of nitrogens with one attached hydrogen (secondary N) is 1. The SMILES string of the molecule is CNCc1ccc(C)c(-c2ccsc2)c1. The number of aryl methyl sites for hydroxylation is 1. The summed E-state index contributed by atoms with van der Waals surface area (Å²) in [4.78, 5) is 0. The standard InChI is InChI=1S/C13H15NS/c1-10-3-4-11(8-14-2)7-13(10)12-5-6-15-9-12/h3-7,9,14H,8H2,1-2H3. The van der Waals surface area contributed by atoms with Crippen LogP contribution in [-0.4, -0.2) is 7.05 Å². The summed E-state index contributed by atoms with van der Waals surface area (Å²) in [6.45, 7) is 3.09. The molecule has 0 radical (unpaired) electrons. The molecule has 0 saturated carbocycles. The molecule has 0 aliphatic rings. The molecule has 0 fully saturated rings. The Morgan fingerprint density at radius 3 is 2.80 bits per heavy atom. The molecular formula is C13H15NS. The van der Waals surface area contributed by atoms with Crippen LogP contribution in [0.3, 0.4) is 0 Å². The molecule has 0 saturated heterocycles. The van der Waals surface area contributed by atoms with E-state index in [0.717, 1.165) is 6.54 Å². The number of rotatable bonds is 3. The van der Waals surface area contributed by atoms with E-state index in [1.807, 2.05) is 7.05 Å². The van der Waals surface area contributed by atoms with Crippen LogP contribution in [0.2, 0.25) is 0 Å². The van der Waals surface area contributed by atoms with Gasteiger partial charge >= 0.3 is 0 Å². The molecule has 0 amide bonds.